The Morgan fingerprint density at radius 3 is 2.45 bits per heavy atom. The summed E-state index contributed by atoms with van der Waals surface area (Å²) in [6, 6.07) is 13.1. The molecule has 1 N–H and O–H groups in total. The molecule has 29 heavy (non-hydrogen) atoms. The van der Waals surface area contributed by atoms with Crippen LogP contribution in [0.4, 0.5) is 0 Å². The summed E-state index contributed by atoms with van der Waals surface area (Å²) in [4.78, 5) is 12.4. The molecule has 3 rings (SSSR count). The zero-order valence-corrected chi connectivity index (χ0v) is 17.6. The van der Waals surface area contributed by atoms with Crippen LogP contribution >= 0.6 is 0 Å². The van der Waals surface area contributed by atoms with E-state index in [2.05, 4.69) is 5.32 Å². The maximum absolute atomic E-state index is 12.6. The minimum Gasteiger partial charge on any atom is -0.496 e. The highest BCUT2D eigenvalue weighted by Gasteiger charge is 2.37. The molecule has 1 fully saturated rings. The van der Waals surface area contributed by atoms with Crippen LogP contribution in [0.15, 0.2) is 53.4 Å². The predicted molar refractivity (Wildman–Crippen MR) is 110 cm³/mol. The van der Waals surface area contributed by atoms with Crippen molar-refractivity contribution in [3.8, 4) is 5.75 Å². The van der Waals surface area contributed by atoms with Gasteiger partial charge in [-0.15, -0.1) is 0 Å². The molecule has 9 heteroatoms. The van der Waals surface area contributed by atoms with E-state index in [0.717, 1.165) is 11.3 Å². The van der Waals surface area contributed by atoms with E-state index in [1.165, 1.54) is 24.3 Å². The van der Waals surface area contributed by atoms with Crippen LogP contribution in [0, 0.1) is 0 Å². The van der Waals surface area contributed by atoms with Crippen molar-refractivity contribution in [2.45, 2.75) is 23.0 Å². The fourth-order valence-corrected chi connectivity index (χ4v) is 7.68. The van der Waals surface area contributed by atoms with Gasteiger partial charge in [0.2, 0.25) is 0 Å². The first-order valence-electron chi connectivity index (χ1n) is 9.17. The van der Waals surface area contributed by atoms with E-state index in [-0.39, 0.29) is 28.7 Å². The lowest BCUT2D eigenvalue weighted by Gasteiger charge is -2.11. The van der Waals surface area contributed by atoms with Gasteiger partial charge in [0.05, 0.1) is 28.8 Å². The lowest BCUT2D eigenvalue weighted by molar-refractivity contribution is 0.0954. The van der Waals surface area contributed by atoms with Gasteiger partial charge in [0.25, 0.3) is 5.91 Å². The molecule has 7 nitrogen and oxygen atoms in total. The molecule has 1 aliphatic rings. The van der Waals surface area contributed by atoms with Gasteiger partial charge >= 0.3 is 0 Å². The SMILES string of the molecule is COc1ccccc1CCNC(=O)c1ccc(S(=O)(=O)C2CCS(=O)(=O)C2)cc1. The van der Waals surface area contributed by atoms with Crippen LogP contribution in [0.3, 0.4) is 0 Å². The summed E-state index contributed by atoms with van der Waals surface area (Å²) in [6.45, 7) is 0.402. The maximum Gasteiger partial charge on any atom is 0.251 e. The molecule has 0 aromatic heterocycles. The Morgan fingerprint density at radius 2 is 1.83 bits per heavy atom. The largest absolute Gasteiger partial charge is 0.496 e. The molecule has 1 atom stereocenters. The Hall–Kier alpha value is -2.39. The third kappa shape index (κ3) is 4.97. The Bertz CT molecular complexity index is 1090. The van der Waals surface area contributed by atoms with Crippen LogP contribution in [0.2, 0.25) is 0 Å². The predicted octanol–water partition coefficient (Wildman–Crippen LogP) is 1.63. The molecule has 1 heterocycles. The number of nitrogens with one attached hydrogen (secondary N) is 1. The highest BCUT2D eigenvalue weighted by molar-refractivity contribution is 7.96. The number of hydrogen-bond donors (Lipinski definition) is 1. The fraction of sp³-hybridized carbons (Fsp3) is 0.350. The Morgan fingerprint density at radius 1 is 1.14 bits per heavy atom. The molecule has 0 saturated carbocycles. The zero-order valence-electron chi connectivity index (χ0n) is 16.0. The molecule has 1 aliphatic heterocycles. The monoisotopic (exact) mass is 437 g/mol. The standard InChI is InChI=1S/C20H23NO6S2/c1-27-19-5-3-2-4-15(19)10-12-21-20(22)16-6-8-17(9-7-16)29(25,26)18-11-13-28(23,24)14-18/h2-9,18H,10-14H2,1H3,(H,21,22). The van der Waals surface area contributed by atoms with E-state index in [4.69, 9.17) is 4.74 Å². The van der Waals surface area contributed by atoms with Crippen molar-refractivity contribution < 1.29 is 26.4 Å². The molecule has 1 saturated heterocycles. The lowest BCUT2D eigenvalue weighted by atomic mass is 10.1. The molecule has 1 unspecified atom stereocenters. The molecular formula is C20H23NO6S2. The third-order valence-corrected chi connectivity index (χ3v) is 9.14. The van der Waals surface area contributed by atoms with Gasteiger partial charge in [-0.2, -0.15) is 0 Å². The first-order chi connectivity index (χ1) is 13.7. The second kappa shape index (κ2) is 8.54. The van der Waals surface area contributed by atoms with Crippen LogP contribution in [0.5, 0.6) is 5.75 Å². The van der Waals surface area contributed by atoms with Crippen molar-refractivity contribution in [2.75, 3.05) is 25.2 Å². The van der Waals surface area contributed by atoms with Crippen LogP contribution < -0.4 is 10.1 Å². The summed E-state index contributed by atoms with van der Waals surface area (Å²) in [5.41, 5.74) is 1.31. The van der Waals surface area contributed by atoms with Gasteiger partial charge in [-0.1, -0.05) is 18.2 Å². The number of para-hydroxylation sites is 1. The minimum absolute atomic E-state index is 0.0326. The van der Waals surface area contributed by atoms with Gasteiger partial charge < -0.3 is 10.1 Å². The summed E-state index contributed by atoms with van der Waals surface area (Å²) in [6.07, 6.45) is 0.703. The van der Waals surface area contributed by atoms with E-state index in [1.807, 2.05) is 24.3 Å². The highest BCUT2D eigenvalue weighted by Crippen LogP contribution is 2.25. The van der Waals surface area contributed by atoms with Crippen molar-refractivity contribution in [2.24, 2.45) is 0 Å². The number of amides is 1. The van der Waals surface area contributed by atoms with E-state index in [9.17, 15) is 21.6 Å². The van der Waals surface area contributed by atoms with Crippen molar-refractivity contribution in [1.29, 1.82) is 0 Å². The van der Waals surface area contributed by atoms with Gasteiger partial charge in [0.1, 0.15) is 5.75 Å². The molecule has 0 radical (unpaired) electrons. The van der Waals surface area contributed by atoms with Crippen LogP contribution in [-0.2, 0) is 26.1 Å². The fourth-order valence-electron chi connectivity index (χ4n) is 3.32. The average molecular weight is 438 g/mol. The first kappa shape index (κ1) is 21.3. The quantitative estimate of drug-likeness (QED) is 0.706. The van der Waals surface area contributed by atoms with Crippen LogP contribution in [0.25, 0.3) is 0 Å². The zero-order chi connectivity index (χ0) is 21.1. The van der Waals surface area contributed by atoms with Gasteiger partial charge in [0, 0.05) is 12.1 Å². The second-order valence-electron chi connectivity index (χ2n) is 6.91. The minimum atomic E-state index is -3.74. The summed E-state index contributed by atoms with van der Waals surface area (Å²) < 4.78 is 53.7. The number of carbonyl (C=O) groups is 1. The van der Waals surface area contributed by atoms with Crippen molar-refractivity contribution in [1.82, 2.24) is 5.32 Å². The van der Waals surface area contributed by atoms with E-state index < -0.39 is 24.9 Å². The molecular weight excluding hydrogens is 414 g/mol. The molecule has 156 valence electrons. The third-order valence-electron chi connectivity index (χ3n) is 4.95. The van der Waals surface area contributed by atoms with Gasteiger partial charge in [-0.05, 0) is 48.7 Å². The van der Waals surface area contributed by atoms with Gasteiger partial charge in [0.15, 0.2) is 19.7 Å². The number of hydrogen-bond acceptors (Lipinski definition) is 6. The molecule has 0 spiro atoms. The second-order valence-corrected chi connectivity index (χ2v) is 11.4. The molecule has 1 amide bonds. The Kier molecular flexibility index (Phi) is 6.28. The van der Waals surface area contributed by atoms with Gasteiger partial charge in [-0.3, -0.25) is 4.79 Å². The number of carbonyl (C=O) groups excluding carboxylic acids is 1. The highest BCUT2D eigenvalue weighted by atomic mass is 32.2. The number of rotatable bonds is 7. The van der Waals surface area contributed by atoms with E-state index in [0.29, 0.717) is 18.5 Å². The topological polar surface area (TPSA) is 107 Å². The van der Waals surface area contributed by atoms with Crippen molar-refractivity contribution in [3.63, 3.8) is 0 Å². The summed E-state index contributed by atoms with van der Waals surface area (Å²) >= 11 is 0. The van der Waals surface area contributed by atoms with Gasteiger partial charge in [-0.25, -0.2) is 16.8 Å². The van der Waals surface area contributed by atoms with E-state index in [1.54, 1.807) is 7.11 Å². The molecule has 2 aromatic rings. The van der Waals surface area contributed by atoms with Crippen molar-refractivity contribution >= 4 is 25.6 Å². The smallest absolute Gasteiger partial charge is 0.251 e. The molecule has 2 aromatic carbocycles. The van der Waals surface area contributed by atoms with Crippen LogP contribution in [-0.4, -0.2) is 53.2 Å². The summed E-state index contributed by atoms with van der Waals surface area (Å²) in [5.74, 6) is -0.0121. The summed E-state index contributed by atoms with van der Waals surface area (Å²) in [7, 11) is -5.45. The normalized spacial score (nSPS) is 18.3. The maximum atomic E-state index is 12.6. The average Bonchev–Trinajstić information content (AvgIpc) is 3.09. The Balaban J connectivity index is 1.61. The van der Waals surface area contributed by atoms with Crippen LogP contribution in [0.1, 0.15) is 22.3 Å². The van der Waals surface area contributed by atoms with Crippen molar-refractivity contribution in [3.05, 3.63) is 59.7 Å². The Labute approximate surface area is 170 Å². The number of methoxy groups -OCH3 is 1. The number of benzene rings is 2. The summed E-state index contributed by atoms with van der Waals surface area (Å²) in [5, 5.41) is 1.88. The lowest BCUT2D eigenvalue weighted by Crippen LogP contribution is -2.26. The first-order valence-corrected chi connectivity index (χ1v) is 12.5. The molecule has 0 aliphatic carbocycles. The number of ether oxygens (including phenoxy) is 1. The molecule has 0 bridgehead atoms. The van der Waals surface area contributed by atoms with E-state index >= 15 is 0 Å². The number of sulfone groups is 2.